The third-order valence-corrected chi connectivity index (χ3v) is 7.99. The smallest absolute Gasteiger partial charge is 0.138 e. The first-order chi connectivity index (χ1) is 17.3. The van der Waals surface area contributed by atoms with Gasteiger partial charge >= 0.3 is 0 Å². The zero-order chi connectivity index (χ0) is 24.6. The fourth-order valence-electron chi connectivity index (χ4n) is 4.66. The Morgan fingerprint density at radius 3 is 1.17 bits per heavy atom. The number of benzene rings is 2. The normalized spacial score (nSPS) is 11.3. The summed E-state index contributed by atoms with van der Waals surface area (Å²) in [5.74, 6) is 0. The van der Waals surface area contributed by atoms with Crippen LogP contribution in [-0.4, -0.2) is 10.2 Å². The average molecular weight is 491 g/mol. The van der Waals surface area contributed by atoms with Crippen LogP contribution in [0.2, 0.25) is 0 Å². The molecular weight excluding hydrogens is 444 g/mol. The van der Waals surface area contributed by atoms with Gasteiger partial charge in [-0.25, -0.2) is 0 Å². The predicted octanol–water partition coefficient (Wildman–Crippen LogP) is 10.5. The van der Waals surface area contributed by atoms with E-state index in [9.17, 15) is 0 Å². The second kappa shape index (κ2) is 16.6. The maximum Gasteiger partial charge on any atom is 0.148 e. The predicted molar refractivity (Wildman–Crippen MR) is 154 cm³/mol. The van der Waals surface area contributed by atoms with Gasteiger partial charge in [0, 0.05) is 11.1 Å². The third kappa shape index (κ3) is 10.3. The van der Waals surface area contributed by atoms with E-state index in [1.54, 1.807) is 11.3 Å². The molecule has 190 valence electrons. The van der Waals surface area contributed by atoms with Crippen LogP contribution in [0.3, 0.4) is 0 Å². The molecule has 0 saturated heterocycles. The molecule has 1 aromatic heterocycles. The van der Waals surface area contributed by atoms with Crippen LogP contribution in [0, 0.1) is 0 Å². The lowest BCUT2D eigenvalue weighted by atomic mass is 10.0. The number of aromatic nitrogens is 2. The van der Waals surface area contributed by atoms with E-state index in [4.69, 9.17) is 0 Å². The fourth-order valence-corrected chi connectivity index (χ4v) is 5.51. The Labute approximate surface area is 218 Å². The van der Waals surface area contributed by atoms with Gasteiger partial charge in [0.05, 0.1) is 0 Å². The van der Waals surface area contributed by atoms with Crippen molar-refractivity contribution in [3.8, 4) is 21.1 Å². The van der Waals surface area contributed by atoms with Crippen LogP contribution in [0.25, 0.3) is 21.1 Å². The number of nitrogens with zero attached hydrogens (tertiary/aromatic N) is 2. The standard InChI is InChI=1S/C32H46N2S/c1-3-5-7-9-10-11-12-14-16-18-28-21-25-30(26-22-28)32-34-33-31(35-32)29-23-19-27(20-24-29)17-15-13-8-6-4-2/h19-26H,3-18H2,1-2H3. The molecule has 1 heterocycles. The van der Waals surface area contributed by atoms with Crippen molar-refractivity contribution in [2.75, 3.05) is 0 Å². The lowest BCUT2D eigenvalue weighted by Gasteiger charge is -2.04. The number of rotatable bonds is 18. The highest BCUT2D eigenvalue weighted by atomic mass is 32.1. The topological polar surface area (TPSA) is 25.8 Å². The van der Waals surface area contributed by atoms with Crippen molar-refractivity contribution in [1.82, 2.24) is 10.2 Å². The molecule has 0 aliphatic carbocycles. The van der Waals surface area contributed by atoms with Gasteiger partial charge in [0.25, 0.3) is 0 Å². The molecule has 35 heavy (non-hydrogen) atoms. The van der Waals surface area contributed by atoms with Gasteiger partial charge in [0.1, 0.15) is 10.0 Å². The molecule has 2 nitrogen and oxygen atoms in total. The van der Waals surface area contributed by atoms with Gasteiger partial charge in [-0.3, -0.25) is 0 Å². The van der Waals surface area contributed by atoms with Gasteiger partial charge in [-0.15, -0.1) is 10.2 Å². The fraction of sp³-hybridized carbons (Fsp3) is 0.562. The van der Waals surface area contributed by atoms with E-state index in [1.165, 1.54) is 125 Å². The summed E-state index contributed by atoms with van der Waals surface area (Å²) in [7, 11) is 0. The summed E-state index contributed by atoms with van der Waals surface area (Å²) < 4.78 is 0. The second-order valence-electron chi connectivity index (χ2n) is 10.0. The van der Waals surface area contributed by atoms with Crippen LogP contribution in [-0.2, 0) is 12.8 Å². The number of hydrogen-bond donors (Lipinski definition) is 0. The van der Waals surface area contributed by atoms with Gasteiger partial charge in [0.15, 0.2) is 0 Å². The van der Waals surface area contributed by atoms with Crippen molar-refractivity contribution in [1.29, 1.82) is 0 Å². The molecule has 0 amide bonds. The SMILES string of the molecule is CCCCCCCCCCCc1ccc(-c2nnc(-c3ccc(CCCCCCC)cc3)s2)cc1. The maximum atomic E-state index is 4.48. The highest BCUT2D eigenvalue weighted by Gasteiger charge is 2.09. The van der Waals surface area contributed by atoms with Crippen molar-refractivity contribution >= 4 is 11.3 Å². The highest BCUT2D eigenvalue weighted by molar-refractivity contribution is 7.17. The first kappa shape index (κ1) is 27.6. The summed E-state index contributed by atoms with van der Waals surface area (Å²) in [6.45, 7) is 4.56. The average Bonchev–Trinajstić information content (AvgIpc) is 3.39. The van der Waals surface area contributed by atoms with E-state index in [1.807, 2.05) is 0 Å². The van der Waals surface area contributed by atoms with Gasteiger partial charge in [-0.05, 0) is 36.8 Å². The molecule has 3 heteroatoms. The summed E-state index contributed by atoms with van der Waals surface area (Å²) >= 11 is 1.69. The first-order valence-electron chi connectivity index (χ1n) is 14.3. The van der Waals surface area contributed by atoms with Crippen LogP contribution in [0.5, 0.6) is 0 Å². The van der Waals surface area contributed by atoms with E-state index < -0.39 is 0 Å². The molecule has 2 aromatic carbocycles. The van der Waals surface area contributed by atoms with Crippen molar-refractivity contribution in [3.63, 3.8) is 0 Å². The van der Waals surface area contributed by atoms with Crippen LogP contribution in [0.1, 0.15) is 115 Å². The van der Waals surface area contributed by atoms with E-state index in [2.05, 4.69) is 72.6 Å². The molecule has 0 spiro atoms. The molecule has 0 unspecified atom stereocenters. The van der Waals surface area contributed by atoms with Crippen LogP contribution >= 0.6 is 11.3 Å². The molecule has 0 saturated carbocycles. The first-order valence-corrected chi connectivity index (χ1v) is 15.1. The van der Waals surface area contributed by atoms with Crippen LogP contribution in [0.4, 0.5) is 0 Å². The lowest BCUT2D eigenvalue weighted by molar-refractivity contribution is 0.565. The Hall–Kier alpha value is -2.00. The molecular formula is C32H46N2S. The van der Waals surface area contributed by atoms with Crippen LogP contribution in [0.15, 0.2) is 48.5 Å². The zero-order valence-electron chi connectivity index (χ0n) is 22.2. The van der Waals surface area contributed by atoms with Crippen molar-refractivity contribution in [3.05, 3.63) is 59.7 Å². The van der Waals surface area contributed by atoms with Crippen molar-refractivity contribution in [2.24, 2.45) is 0 Å². The molecule has 0 bridgehead atoms. The monoisotopic (exact) mass is 490 g/mol. The van der Waals surface area contributed by atoms with Gasteiger partial charge in [0.2, 0.25) is 0 Å². The zero-order valence-corrected chi connectivity index (χ0v) is 23.1. The molecule has 3 aromatic rings. The quantitative estimate of drug-likeness (QED) is 0.166. The summed E-state index contributed by atoms with van der Waals surface area (Å²) in [4.78, 5) is 0. The molecule has 0 atom stereocenters. The van der Waals surface area contributed by atoms with Crippen molar-refractivity contribution in [2.45, 2.75) is 117 Å². The molecule has 0 fully saturated rings. The summed E-state index contributed by atoms with van der Waals surface area (Å²) in [5, 5.41) is 11.0. The Morgan fingerprint density at radius 2 is 0.800 bits per heavy atom. The Balaban J connectivity index is 1.40. The molecule has 0 aliphatic heterocycles. The van der Waals surface area contributed by atoms with E-state index in [0.29, 0.717) is 0 Å². The molecule has 0 radical (unpaired) electrons. The number of unbranched alkanes of at least 4 members (excludes halogenated alkanes) is 12. The lowest BCUT2D eigenvalue weighted by Crippen LogP contribution is -1.87. The summed E-state index contributed by atoms with van der Waals surface area (Å²) in [6, 6.07) is 17.9. The largest absolute Gasteiger partial charge is 0.148 e. The van der Waals surface area contributed by atoms with Crippen LogP contribution < -0.4 is 0 Å². The van der Waals surface area contributed by atoms with Gasteiger partial charge in [-0.2, -0.15) is 0 Å². The third-order valence-electron chi connectivity index (χ3n) is 6.96. The van der Waals surface area contributed by atoms with Gasteiger partial charge < -0.3 is 0 Å². The minimum atomic E-state index is 1.01. The van der Waals surface area contributed by atoms with Crippen molar-refractivity contribution < 1.29 is 0 Å². The minimum Gasteiger partial charge on any atom is -0.138 e. The Kier molecular flexibility index (Phi) is 13.1. The second-order valence-corrected chi connectivity index (χ2v) is 11.0. The minimum absolute atomic E-state index is 1.01. The Bertz CT molecular complexity index is 927. The summed E-state index contributed by atoms with van der Waals surface area (Å²) in [6.07, 6.45) is 21.5. The number of hydrogen-bond acceptors (Lipinski definition) is 3. The van der Waals surface area contributed by atoms with E-state index in [-0.39, 0.29) is 0 Å². The van der Waals surface area contributed by atoms with Gasteiger partial charge in [-0.1, -0.05) is 151 Å². The Morgan fingerprint density at radius 1 is 0.457 bits per heavy atom. The van der Waals surface area contributed by atoms with E-state index in [0.717, 1.165) is 10.0 Å². The highest BCUT2D eigenvalue weighted by Crippen LogP contribution is 2.30. The maximum absolute atomic E-state index is 4.48. The number of aryl methyl sites for hydroxylation is 2. The molecule has 3 rings (SSSR count). The molecule has 0 N–H and O–H groups in total. The molecule has 0 aliphatic rings. The van der Waals surface area contributed by atoms with E-state index >= 15 is 0 Å². The summed E-state index contributed by atoms with van der Waals surface area (Å²) in [5.41, 5.74) is 5.21.